The maximum absolute atomic E-state index is 13.1. The molecule has 1 heterocycles. The minimum atomic E-state index is -0.240. The molecule has 1 amide bonds. The van der Waals surface area contributed by atoms with E-state index in [9.17, 15) is 4.79 Å². The van der Waals surface area contributed by atoms with E-state index < -0.39 is 0 Å². The third-order valence-electron chi connectivity index (χ3n) is 4.69. The standard InChI is InChI=1S/C21H26N2O2/c1-15-9-11-19(12-10-15)22-21(24)20(18-7-5-4-6-8-18)23-13-16(2)25-17(3)14-23/h4-12,16-17,20H,13-14H2,1-3H3,(H,22,24)/p+1/t16-,17-,20-/m1/s1. The van der Waals surface area contributed by atoms with Crippen LogP contribution < -0.4 is 10.2 Å². The molecular weight excluding hydrogens is 312 g/mol. The first-order valence-electron chi connectivity index (χ1n) is 8.95. The second-order valence-corrected chi connectivity index (χ2v) is 7.02. The summed E-state index contributed by atoms with van der Waals surface area (Å²) in [6.45, 7) is 7.85. The van der Waals surface area contributed by atoms with Gasteiger partial charge in [-0.15, -0.1) is 0 Å². The van der Waals surface area contributed by atoms with Crippen LogP contribution in [0.5, 0.6) is 0 Å². The lowest BCUT2D eigenvalue weighted by Crippen LogP contribution is -3.16. The molecule has 0 aromatic heterocycles. The predicted molar refractivity (Wildman–Crippen MR) is 99.7 cm³/mol. The molecule has 1 saturated heterocycles. The number of nitrogens with one attached hydrogen (secondary N) is 2. The average Bonchev–Trinajstić information content (AvgIpc) is 2.57. The van der Waals surface area contributed by atoms with Gasteiger partial charge < -0.3 is 15.0 Å². The average molecular weight is 339 g/mol. The van der Waals surface area contributed by atoms with Crippen molar-refractivity contribution in [3.63, 3.8) is 0 Å². The van der Waals surface area contributed by atoms with E-state index in [-0.39, 0.29) is 24.2 Å². The summed E-state index contributed by atoms with van der Waals surface area (Å²) in [6, 6.07) is 17.7. The maximum Gasteiger partial charge on any atom is 0.287 e. The van der Waals surface area contributed by atoms with Crippen LogP contribution in [0.25, 0.3) is 0 Å². The number of morpholine rings is 1. The molecule has 1 aliphatic heterocycles. The Bertz CT molecular complexity index is 690. The maximum atomic E-state index is 13.1. The molecule has 3 rings (SSSR count). The molecule has 4 nitrogen and oxygen atoms in total. The number of carbonyl (C=O) groups is 1. The normalized spacial score (nSPS) is 24.5. The number of quaternary nitrogens is 1. The molecule has 25 heavy (non-hydrogen) atoms. The van der Waals surface area contributed by atoms with Gasteiger partial charge in [0.25, 0.3) is 5.91 Å². The molecule has 2 N–H and O–H groups in total. The van der Waals surface area contributed by atoms with Gasteiger partial charge in [-0.3, -0.25) is 4.79 Å². The highest BCUT2D eigenvalue weighted by Crippen LogP contribution is 2.16. The van der Waals surface area contributed by atoms with Gasteiger partial charge in [0.05, 0.1) is 0 Å². The van der Waals surface area contributed by atoms with Crippen LogP contribution >= 0.6 is 0 Å². The van der Waals surface area contributed by atoms with E-state index in [1.54, 1.807) is 0 Å². The van der Waals surface area contributed by atoms with E-state index in [1.165, 1.54) is 10.5 Å². The van der Waals surface area contributed by atoms with Crippen LogP contribution in [-0.4, -0.2) is 31.2 Å². The number of carbonyl (C=O) groups excluding carboxylic acids is 1. The van der Waals surface area contributed by atoms with Gasteiger partial charge >= 0.3 is 0 Å². The highest BCUT2D eigenvalue weighted by Gasteiger charge is 2.37. The van der Waals surface area contributed by atoms with Crippen LogP contribution in [0.1, 0.15) is 31.0 Å². The van der Waals surface area contributed by atoms with Gasteiger partial charge in [-0.1, -0.05) is 48.0 Å². The summed E-state index contributed by atoms with van der Waals surface area (Å²) in [5, 5.41) is 3.09. The first kappa shape index (κ1) is 17.6. The lowest BCUT2D eigenvalue weighted by atomic mass is 10.0. The van der Waals surface area contributed by atoms with Gasteiger partial charge in [0, 0.05) is 11.3 Å². The number of amides is 1. The third kappa shape index (κ3) is 4.47. The molecule has 1 aliphatic rings. The van der Waals surface area contributed by atoms with Crippen molar-refractivity contribution in [1.82, 2.24) is 0 Å². The predicted octanol–water partition coefficient (Wildman–Crippen LogP) is 2.37. The zero-order valence-corrected chi connectivity index (χ0v) is 15.2. The van der Waals surface area contributed by atoms with E-state index in [0.717, 1.165) is 24.3 Å². The lowest BCUT2D eigenvalue weighted by molar-refractivity contribution is -0.936. The molecule has 4 heteroatoms. The molecule has 2 aromatic rings. The second kappa shape index (κ2) is 7.81. The summed E-state index contributed by atoms with van der Waals surface area (Å²) in [7, 11) is 0. The van der Waals surface area contributed by atoms with Crippen LogP contribution in [0.2, 0.25) is 0 Å². The zero-order chi connectivity index (χ0) is 17.8. The van der Waals surface area contributed by atoms with Crippen LogP contribution in [0, 0.1) is 6.92 Å². The Morgan fingerprint density at radius 1 is 1.04 bits per heavy atom. The van der Waals surface area contributed by atoms with E-state index >= 15 is 0 Å². The van der Waals surface area contributed by atoms with Crippen LogP contribution in [0.3, 0.4) is 0 Å². The van der Waals surface area contributed by atoms with Gasteiger partial charge in [0.2, 0.25) is 0 Å². The second-order valence-electron chi connectivity index (χ2n) is 7.02. The first-order chi connectivity index (χ1) is 12.0. The topological polar surface area (TPSA) is 42.8 Å². The molecule has 0 aliphatic carbocycles. The third-order valence-corrected chi connectivity index (χ3v) is 4.69. The summed E-state index contributed by atoms with van der Waals surface area (Å²) >= 11 is 0. The minimum absolute atomic E-state index is 0.0337. The van der Waals surface area contributed by atoms with Gasteiger partial charge in [0.1, 0.15) is 25.3 Å². The van der Waals surface area contributed by atoms with Crippen molar-refractivity contribution in [2.24, 2.45) is 0 Å². The number of hydrogen-bond acceptors (Lipinski definition) is 2. The summed E-state index contributed by atoms with van der Waals surface area (Å²) in [4.78, 5) is 14.4. The number of benzene rings is 2. The quantitative estimate of drug-likeness (QED) is 0.898. The Labute approximate surface area is 149 Å². The first-order valence-corrected chi connectivity index (χ1v) is 8.95. The van der Waals surface area contributed by atoms with Crippen molar-refractivity contribution >= 4 is 11.6 Å². The molecule has 0 spiro atoms. The van der Waals surface area contributed by atoms with Crippen LogP contribution in [0.4, 0.5) is 5.69 Å². The Morgan fingerprint density at radius 3 is 2.24 bits per heavy atom. The fraction of sp³-hybridized carbons (Fsp3) is 0.381. The van der Waals surface area contributed by atoms with Gasteiger partial charge in [0.15, 0.2) is 6.04 Å². The summed E-state index contributed by atoms with van der Waals surface area (Å²) in [6.07, 6.45) is 0.300. The van der Waals surface area contributed by atoms with Crippen molar-refractivity contribution in [2.75, 3.05) is 18.4 Å². The zero-order valence-electron chi connectivity index (χ0n) is 15.2. The van der Waals surface area contributed by atoms with Crippen LogP contribution in [0.15, 0.2) is 54.6 Å². The molecule has 0 bridgehead atoms. The largest absolute Gasteiger partial charge is 0.364 e. The molecule has 132 valence electrons. The monoisotopic (exact) mass is 339 g/mol. The molecule has 0 saturated carbocycles. The molecule has 0 radical (unpaired) electrons. The smallest absolute Gasteiger partial charge is 0.287 e. The minimum Gasteiger partial charge on any atom is -0.364 e. The molecular formula is C21H27N2O2+. The molecule has 3 atom stereocenters. The number of hydrogen-bond donors (Lipinski definition) is 2. The van der Waals surface area contributed by atoms with Crippen LogP contribution in [-0.2, 0) is 9.53 Å². The lowest BCUT2D eigenvalue weighted by Gasteiger charge is -2.36. The van der Waals surface area contributed by atoms with Crippen molar-refractivity contribution in [1.29, 1.82) is 0 Å². The fourth-order valence-corrected chi connectivity index (χ4v) is 3.62. The van der Waals surface area contributed by atoms with Crippen molar-refractivity contribution in [2.45, 2.75) is 39.0 Å². The van der Waals surface area contributed by atoms with Crippen molar-refractivity contribution < 1.29 is 14.4 Å². The van der Waals surface area contributed by atoms with Gasteiger partial charge in [-0.05, 0) is 32.9 Å². The number of ether oxygens (including phenoxy) is 1. The van der Waals surface area contributed by atoms with Gasteiger partial charge in [-0.2, -0.15) is 0 Å². The summed E-state index contributed by atoms with van der Waals surface area (Å²) in [5.41, 5.74) is 3.06. The van der Waals surface area contributed by atoms with Gasteiger partial charge in [-0.25, -0.2) is 0 Å². The fourth-order valence-electron chi connectivity index (χ4n) is 3.62. The Kier molecular flexibility index (Phi) is 5.51. The highest BCUT2D eigenvalue weighted by molar-refractivity contribution is 5.94. The van der Waals surface area contributed by atoms with E-state index in [1.807, 2.05) is 61.5 Å². The summed E-state index contributed by atoms with van der Waals surface area (Å²) in [5.74, 6) is 0.0337. The van der Waals surface area contributed by atoms with Crippen molar-refractivity contribution in [3.05, 3.63) is 65.7 Å². The highest BCUT2D eigenvalue weighted by atomic mass is 16.5. The Balaban J connectivity index is 1.85. The molecule has 1 fully saturated rings. The summed E-state index contributed by atoms with van der Waals surface area (Å²) < 4.78 is 5.86. The van der Waals surface area contributed by atoms with E-state index in [0.29, 0.717) is 0 Å². The van der Waals surface area contributed by atoms with E-state index in [4.69, 9.17) is 4.74 Å². The number of anilines is 1. The van der Waals surface area contributed by atoms with Crippen molar-refractivity contribution in [3.8, 4) is 0 Å². The Hall–Kier alpha value is -2.17. The SMILES string of the molecule is Cc1ccc(NC(=O)[C@@H](c2ccccc2)[NH+]2C[C@@H](C)O[C@H](C)C2)cc1. The number of rotatable bonds is 4. The Morgan fingerprint density at radius 2 is 1.64 bits per heavy atom. The molecule has 2 aromatic carbocycles. The van der Waals surface area contributed by atoms with E-state index in [2.05, 4.69) is 19.2 Å². The molecule has 0 unspecified atom stereocenters. The number of aryl methyl sites for hydroxylation is 1.